The molecule has 0 radical (unpaired) electrons. The molecular weight excluding hydrogens is 382 g/mol. The molecule has 0 N–H and O–H groups in total. The summed E-state index contributed by atoms with van der Waals surface area (Å²) in [6.07, 6.45) is 6.79. The number of ether oxygens (including phenoxy) is 2. The van der Waals surface area contributed by atoms with Gasteiger partial charge in [0.2, 0.25) is 11.8 Å². The Morgan fingerprint density at radius 1 is 1.17 bits per heavy atom. The highest BCUT2D eigenvalue weighted by Gasteiger charge is 2.40. The molecule has 158 valence electrons. The molecule has 7 nitrogen and oxygen atoms in total. The van der Waals surface area contributed by atoms with E-state index in [0.29, 0.717) is 23.7 Å². The van der Waals surface area contributed by atoms with Gasteiger partial charge in [0.25, 0.3) is 0 Å². The van der Waals surface area contributed by atoms with Crippen LogP contribution in [0.5, 0.6) is 11.5 Å². The number of piperidine rings is 1. The number of benzene rings is 1. The third-order valence-electron chi connectivity index (χ3n) is 6.01. The maximum absolute atomic E-state index is 13.4. The monoisotopic (exact) mass is 409 g/mol. The van der Waals surface area contributed by atoms with Crippen LogP contribution in [-0.2, 0) is 9.59 Å². The first-order chi connectivity index (χ1) is 14.6. The highest BCUT2D eigenvalue weighted by molar-refractivity contribution is 6.01. The molecule has 3 heterocycles. The number of rotatable bonds is 5. The number of pyridine rings is 1. The van der Waals surface area contributed by atoms with Crippen molar-refractivity contribution in [2.75, 3.05) is 32.2 Å². The van der Waals surface area contributed by atoms with Crippen LogP contribution in [0.15, 0.2) is 42.7 Å². The van der Waals surface area contributed by atoms with Gasteiger partial charge in [0, 0.05) is 38.0 Å². The van der Waals surface area contributed by atoms with Gasteiger partial charge in [-0.15, -0.1) is 0 Å². The molecular formula is C23H27N3O4. The number of carbonyl (C=O) groups is 2. The smallest absolute Gasteiger partial charge is 0.228 e. The van der Waals surface area contributed by atoms with Crippen LogP contribution in [0.2, 0.25) is 0 Å². The molecule has 0 spiro atoms. The summed E-state index contributed by atoms with van der Waals surface area (Å²) in [5, 5.41) is 0. The topological polar surface area (TPSA) is 72.0 Å². The fourth-order valence-corrected chi connectivity index (χ4v) is 4.46. The fourth-order valence-electron chi connectivity index (χ4n) is 4.46. The third-order valence-corrected chi connectivity index (χ3v) is 6.01. The normalized spacial score (nSPS) is 21.6. The Bertz CT molecular complexity index is 918. The van der Waals surface area contributed by atoms with Crippen LogP contribution in [0, 0.1) is 5.92 Å². The van der Waals surface area contributed by atoms with Crippen molar-refractivity contribution in [3.63, 3.8) is 0 Å². The maximum Gasteiger partial charge on any atom is 0.228 e. The molecule has 1 aromatic carbocycles. The quantitative estimate of drug-likeness (QED) is 0.758. The average Bonchev–Trinajstić information content (AvgIpc) is 3.20. The first-order valence-corrected chi connectivity index (χ1v) is 10.3. The Kier molecular flexibility index (Phi) is 5.88. The lowest BCUT2D eigenvalue weighted by Gasteiger charge is -2.37. The summed E-state index contributed by atoms with van der Waals surface area (Å²) in [7, 11) is 3.15. The number of anilines is 1. The van der Waals surface area contributed by atoms with Crippen molar-refractivity contribution in [1.29, 1.82) is 0 Å². The SMILES string of the molecule is COc1ccc(N2C[C@@H](C(=O)N3CCCC[C@@H]3c3cccnc3)CC2=O)c(OC)c1. The van der Waals surface area contributed by atoms with Crippen LogP contribution in [0.4, 0.5) is 5.69 Å². The number of amides is 2. The van der Waals surface area contributed by atoms with Crippen LogP contribution < -0.4 is 14.4 Å². The first kappa shape index (κ1) is 20.2. The van der Waals surface area contributed by atoms with Gasteiger partial charge in [0.1, 0.15) is 11.5 Å². The predicted octanol–water partition coefficient (Wildman–Crippen LogP) is 3.21. The number of carbonyl (C=O) groups excluding carboxylic acids is 2. The number of likely N-dealkylation sites (tertiary alicyclic amines) is 1. The standard InChI is InChI=1S/C23H27N3O4/c1-29-18-8-9-20(21(13-18)30-2)26-15-17(12-22(26)27)23(28)25-11-4-3-7-19(25)16-6-5-10-24-14-16/h5-6,8-10,13-14,17,19H,3-4,7,11-12,15H2,1-2H3/t17-,19+/m0/s1. The molecule has 2 aliphatic heterocycles. The molecule has 30 heavy (non-hydrogen) atoms. The van der Waals surface area contributed by atoms with Crippen molar-refractivity contribution in [2.45, 2.75) is 31.7 Å². The fraction of sp³-hybridized carbons (Fsp3) is 0.435. The second-order valence-electron chi connectivity index (χ2n) is 7.77. The van der Waals surface area contributed by atoms with E-state index in [4.69, 9.17) is 9.47 Å². The molecule has 2 amide bonds. The van der Waals surface area contributed by atoms with E-state index in [1.807, 2.05) is 29.3 Å². The molecule has 1 aromatic heterocycles. The lowest BCUT2D eigenvalue weighted by molar-refractivity contribution is -0.139. The van der Waals surface area contributed by atoms with Gasteiger partial charge in [-0.1, -0.05) is 6.07 Å². The minimum absolute atomic E-state index is 0.0274. The van der Waals surface area contributed by atoms with E-state index in [1.165, 1.54) is 0 Å². The molecule has 0 aliphatic carbocycles. The van der Waals surface area contributed by atoms with E-state index in [-0.39, 0.29) is 30.2 Å². The summed E-state index contributed by atoms with van der Waals surface area (Å²) in [5.41, 5.74) is 1.73. The molecule has 7 heteroatoms. The van der Waals surface area contributed by atoms with Gasteiger partial charge in [-0.25, -0.2) is 0 Å². The van der Waals surface area contributed by atoms with Crippen LogP contribution in [0.1, 0.15) is 37.3 Å². The van der Waals surface area contributed by atoms with Gasteiger partial charge in [0.15, 0.2) is 0 Å². The van der Waals surface area contributed by atoms with Gasteiger partial charge >= 0.3 is 0 Å². The van der Waals surface area contributed by atoms with Crippen molar-refractivity contribution in [3.05, 3.63) is 48.3 Å². The first-order valence-electron chi connectivity index (χ1n) is 10.3. The Morgan fingerprint density at radius 3 is 2.77 bits per heavy atom. The zero-order valence-corrected chi connectivity index (χ0v) is 17.4. The second-order valence-corrected chi connectivity index (χ2v) is 7.77. The number of hydrogen-bond acceptors (Lipinski definition) is 5. The predicted molar refractivity (Wildman–Crippen MR) is 113 cm³/mol. The average molecular weight is 409 g/mol. The number of aromatic nitrogens is 1. The van der Waals surface area contributed by atoms with Gasteiger partial charge in [-0.3, -0.25) is 14.6 Å². The molecule has 2 aliphatic rings. The molecule has 2 saturated heterocycles. The van der Waals surface area contributed by atoms with E-state index < -0.39 is 0 Å². The summed E-state index contributed by atoms with van der Waals surface area (Å²) in [6.45, 7) is 1.07. The van der Waals surface area contributed by atoms with Crippen molar-refractivity contribution in [1.82, 2.24) is 9.88 Å². The number of hydrogen-bond donors (Lipinski definition) is 0. The second kappa shape index (κ2) is 8.73. The molecule has 2 atom stereocenters. The minimum atomic E-state index is -0.360. The van der Waals surface area contributed by atoms with Crippen molar-refractivity contribution in [2.24, 2.45) is 5.92 Å². The van der Waals surface area contributed by atoms with E-state index in [9.17, 15) is 9.59 Å². The number of nitrogens with zero attached hydrogens (tertiary/aromatic N) is 3. The van der Waals surface area contributed by atoms with Crippen molar-refractivity contribution in [3.8, 4) is 11.5 Å². The Labute approximate surface area is 176 Å². The summed E-state index contributed by atoms with van der Waals surface area (Å²) in [4.78, 5) is 34.1. The molecule has 0 bridgehead atoms. The van der Waals surface area contributed by atoms with Crippen molar-refractivity contribution < 1.29 is 19.1 Å². The van der Waals surface area contributed by atoms with Gasteiger partial charge in [-0.05, 0) is 43.0 Å². The Balaban J connectivity index is 1.54. The van der Waals surface area contributed by atoms with Crippen LogP contribution in [-0.4, -0.2) is 49.0 Å². The highest BCUT2D eigenvalue weighted by Crippen LogP contribution is 2.38. The van der Waals surface area contributed by atoms with Gasteiger partial charge < -0.3 is 19.3 Å². The summed E-state index contributed by atoms with van der Waals surface area (Å²) >= 11 is 0. The molecule has 0 saturated carbocycles. The van der Waals surface area contributed by atoms with Crippen LogP contribution in [0.3, 0.4) is 0 Å². The summed E-state index contributed by atoms with van der Waals surface area (Å²) in [5.74, 6) is 0.838. The van der Waals surface area contributed by atoms with E-state index >= 15 is 0 Å². The lowest BCUT2D eigenvalue weighted by atomic mass is 9.94. The van der Waals surface area contributed by atoms with Gasteiger partial charge in [0.05, 0.1) is 31.9 Å². The summed E-state index contributed by atoms with van der Waals surface area (Å²) in [6, 6.07) is 9.31. The minimum Gasteiger partial charge on any atom is -0.497 e. The van der Waals surface area contributed by atoms with E-state index in [0.717, 1.165) is 31.4 Å². The zero-order chi connectivity index (χ0) is 21.1. The number of methoxy groups -OCH3 is 2. The zero-order valence-electron chi connectivity index (χ0n) is 17.4. The van der Waals surface area contributed by atoms with E-state index in [1.54, 1.807) is 37.4 Å². The largest absolute Gasteiger partial charge is 0.497 e. The van der Waals surface area contributed by atoms with Crippen LogP contribution >= 0.6 is 0 Å². The third kappa shape index (κ3) is 3.84. The van der Waals surface area contributed by atoms with Crippen molar-refractivity contribution >= 4 is 17.5 Å². The molecule has 4 rings (SSSR count). The molecule has 0 unspecified atom stereocenters. The Hall–Kier alpha value is -3.09. The van der Waals surface area contributed by atoms with Gasteiger partial charge in [-0.2, -0.15) is 0 Å². The maximum atomic E-state index is 13.4. The van der Waals surface area contributed by atoms with Crippen LogP contribution in [0.25, 0.3) is 0 Å². The molecule has 2 aromatic rings. The Morgan fingerprint density at radius 2 is 2.03 bits per heavy atom. The lowest BCUT2D eigenvalue weighted by Crippen LogP contribution is -2.42. The summed E-state index contributed by atoms with van der Waals surface area (Å²) < 4.78 is 10.7. The highest BCUT2D eigenvalue weighted by atomic mass is 16.5. The van der Waals surface area contributed by atoms with E-state index in [2.05, 4.69) is 4.98 Å². The molecule has 2 fully saturated rings.